The Morgan fingerprint density at radius 3 is 2.46 bits per heavy atom. The van der Waals surface area contributed by atoms with Crippen molar-refractivity contribution >= 4 is 21.8 Å². The zero-order chi connectivity index (χ0) is 20.7. The summed E-state index contributed by atoms with van der Waals surface area (Å²) in [4.78, 5) is 25.5. The number of likely N-dealkylation sites (N-methyl/N-ethyl adjacent to an activating group) is 1. The molecular formula is C18H23FN4O4S. The minimum absolute atomic E-state index is 0.0165. The highest BCUT2D eigenvalue weighted by Crippen LogP contribution is 2.24. The van der Waals surface area contributed by atoms with Crippen molar-refractivity contribution < 1.29 is 22.4 Å². The van der Waals surface area contributed by atoms with Crippen LogP contribution in [0.1, 0.15) is 19.3 Å². The summed E-state index contributed by atoms with van der Waals surface area (Å²) < 4.78 is 39.4. The summed E-state index contributed by atoms with van der Waals surface area (Å²) in [5.74, 6) is -1.47. The maximum absolute atomic E-state index is 13.0. The molecule has 1 heterocycles. The monoisotopic (exact) mass is 410 g/mol. The standard InChI is InChI=1S/C18H23FN4O4S/c1-22(10-2-9-20)17(24)13-21-18(25)14-7-11-23(12-8-14)28(26,27)16-5-3-15(19)4-6-16/h3-6,14H,2,7-8,10-13H2,1H3,(H,21,25). The number of rotatable bonds is 7. The van der Waals surface area contributed by atoms with E-state index in [-0.39, 0.29) is 48.7 Å². The highest BCUT2D eigenvalue weighted by atomic mass is 32.2. The number of benzene rings is 1. The Morgan fingerprint density at radius 1 is 1.29 bits per heavy atom. The number of hydrogen-bond donors (Lipinski definition) is 1. The van der Waals surface area contributed by atoms with Crippen LogP contribution in [0, 0.1) is 23.1 Å². The predicted octanol–water partition coefficient (Wildman–Crippen LogP) is 0.715. The molecule has 0 atom stereocenters. The van der Waals surface area contributed by atoms with Crippen LogP contribution in [-0.2, 0) is 19.6 Å². The van der Waals surface area contributed by atoms with Crippen LogP contribution in [-0.4, -0.2) is 62.7 Å². The highest BCUT2D eigenvalue weighted by molar-refractivity contribution is 7.89. The zero-order valence-corrected chi connectivity index (χ0v) is 16.4. The molecule has 2 rings (SSSR count). The van der Waals surface area contributed by atoms with Gasteiger partial charge in [0, 0.05) is 32.6 Å². The van der Waals surface area contributed by atoms with Crippen molar-refractivity contribution in [2.24, 2.45) is 5.92 Å². The number of sulfonamides is 1. The van der Waals surface area contributed by atoms with Crippen LogP contribution in [0.5, 0.6) is 0 Å². The third-order valence-corrected chi connectivity index (χ3v) is 6.59. The van der Waals surface area contributed by atoms with Crippen molar-refractivity contribution in [3.05, 3.63) is 30.1 Å². The van der Waals surface area contributed by atoms with Gasteiger partial charge in [-0.05, 0) is 37.1 Å². The number of halogens is 1. The Labute approximate surface area is 164 Å². The summed E-state index contributed by atoms with van der Waals surface area (Å²) in [6, 6.07) is 6.58. The zero-order valence-electron chi connectivity index (χ0n) is 15.6. The summed E-state index contributed by atoms with van der Waals surface area (Å²) >= 11 is 0. The van der Waals surface area contributed by atoms with Crippen LogP contribution in [0.4, 0.5) is 4.39 Å². The van der Waals surface area contributed by atoms with Gasteiger partial charge in [0.25, 0.3) is 0 Å². The van der Waals surface area contributed by atoms with Crippen molar-refractivity contribution in [3.63, 3.8) is 0 Å². The topological polar surface area (TPSA) is 111 Å². The second-order valence-corrected chi connectivity index (χ2v) is 8.51. The number of carbonyl (C=O) groups is 2. The van der Waals surface area contributed by atoms with E-state index in [1.54, 1.807) is 7.05 Å². The lowest BCUT2D eigenvalue weighted by Gasteiger charge is -2.30. The second-order valence-electron chi connectivity index (χ2n) is 6.57. The Hall–Kier alpha value is -2.51. The Kier molecular flexibility index (Phi) is 7.48. The molecule has 1 aromatic rings. The third-order valence-electron chi connectivity index (χ3n) is 4.67. The SMILES string of the molecule is CN(CCC#N)C(=O)CNC(=O)C1CCN(S(=O)(=O)c2ccc(F)cc2)CC1. The summed E-state index contributed by atoms with van der Waals surface area (Å²) in [5.41, 5.74) is 0. The van der Waals surface area contributed by atoms with E-state index in [0.29, 0.717) is 19.4 Å². The first kappa shape index (κ1) is 21.8. The fourth-order valence-corrected chi connectivity index (χ4v) is 4.37. The third kappa shape index (κ3) is 5.50. The Morgan fingerprint density at radius 2 is 1.89 bits per heavy atom. The summed E-state index contributed by atoms with van der Waals surface area (Å²) in [7, 11) is -2.17. The molecule has 28 heavy (non-hydrogen) atoms. The minimum Gasteiger partial charge on any atom is -0.347 e. The first-order valence-corrected chi connectivity index (χ1v) is 10.3. The van der Waals surface area contributed by atoms with Crippen molar-refractivity contribution in [1.82, 2.24) is 14.5 Å². The van der Waals surface area contributed by atoms with Gasteiger partial charge in [0.05, 0.1) is 23.9 Å². The van der Waals surface area contributed by atoms with Gasteiger partial charge in [-0.15, -0.1) is 0 Å². The van der Waals surface area contributed by atoms with Gasteiger partial charge in [-0.3, -0.25) is 9.59 Å². The van der Waals surface area contributed by atoms with Crippen LogP contribution >= 0.6 is 0 Å². The average molecular weight is 410 g/mol. The van der Waals surface area contributed by atoms with E-state index >= 15 is 0 Å². The van der Waals surface area contributed by atoms with E-state index in [0.717, 1.165) is 12.1 Å². The first-order chi connectivity index (χ1) is 13.3. The van der Waals surface area contributed by atoms with Crippen LogP contribution in [0.15, 0.2) is 29.2 Å². The molecular weight excluding hydrogens is 387 g/mol. The highest BCUT2D eigenvalue weighted by Gasteiger charge is 2.32. The van der Waals surface area contributed by atoms with Crippen LogP contribution in [0.2, 0.25) is 0 Å². The average Bonchev–Trinajstić information content (AvgIpc) is 2.70. The van der Waals surface area contributed by atoms with Crippen LogP contribution in [0.3, 0.4) is 0 Å². The van der Waals surface area contributed by atoms with E-state index in [4.69, 9.17) is 5.26 Å². The van der Waals surface area contributed by atoms with Gasteiger partial charge in [-0.25, -0.2) is 12.8 Å². The molecule has 0 bridgehead atoms. The number of nitrogens with zero attached hydrogens (tertiary/aromatic N) is 3. The lowest BCUT2D eigenvalue weighted by atomic mass is 9.97. The number of hydrogen-bond acceptors (Lipinski definition) is 5. The second kappa shape index (κ2) is 9.61. The number of nitriles is 1. The fraction of sp³-hybridized carbons (Fsp3) is 0.500. The van der Waals surface area contributed by atoms with Crippen LogP contribution in [0.25, 0.3) is 0 Å². The molecule has 0 spiro atoms. The van der Waals surface area contributed by atoms with E-state index in [1.807, 2.05) is 6.07 Å². The number of piperidine rings is 1. The molecule has 152 valence electrons. The van der Waals surface area contributed by atoms with Gasteiger partial charge < -0.3 is 10.2 Å². The molecule has 0 aromatic heterocycles. The molecule has 1 fully saturated rings. The molecule has 0 radical (unpaired) electrons. The van der Waals surface area contributed by atoms with Gasteiger partial charge >= 0.3 is 0 Å². The van der Waals surface area contributed by atoms with E-state index in [9.17, 15) is 22.4 Å². The van der Waals surface area contributed by atoms with Gasteiger partial charge in [0.15, 0.2) is 0 Å². The summed E-state index contributed by atoms with van der Waals surface area (Å²) in [6.07, 6.45) is 0.895. The van der Waals surface area contributed by atoms with Gasteiger partial charge in [0.2, 0.25) is 21.8 Å². The van der Waals surface area contributed by atoms with Gasteiger partial charge in [-0.2, -0.15) is 9.57 Å². The summed E-state index contributed by atoms with van der Waals surface area (Å²) in [5, 5.41) is 11.1. The number of nitrogens with one attached hydrogen (secondary N) is 1. The summed E-state index contributed by atoms with van der Waals surface area (Å²) in [6.45, 7) is 0.487. The molecule has 0 aliphatic carbocycles. The maximum Gasteiger partial charge on any atom is 0.243 e. The van der Waals surface area contributed by atoms with Crippen molar-refractivity contribution in [2.75, 3.05) is 33.2 Å². The largest absolute Gasteiger partial charge is 0.347 e. The van der Waals surface area contributed by atoms with E-state index in [1.165, 1.54) is 21.3 Å². The molecule has 1 N–H and O–H groups in total. The molecule has 0 saturated carbocycles. The first-order valence-electron chi connectivity index (χ1n) is 8.90. The van der Waals surface area contributed by atoms with Crippen molar-refractivity contribution in [3.8, 4) is 6.07 Å². The lowest BCUT2D eigenvalue weighted by Crippen LogP contribution is -2.45. The van der Waals surface area contributed by atoms with Crippen LogP contribution < -0.4 is 5.32 Å². The van der Waals surface area contributed by atoms with E-state index < -0.39 is 15.8 Å². The number of carbonyl (C=O) groups excluding carboxylic acids is 2. The normalized spacial score (nSPS) is 15.6. The molecule has 1 aromatic carbocycles. The molecule has 1 saturated heterocycles. The van der Waals surface area contributed by atoms with Gasteiger partial charge in [-0.1, -0.05) is 0 Å². The molecule has 0 unspecified atom stereocenters. The Balaban J connectivity index is 1.84. The van der Waals surface area contributed by atoms with E-state index in [2.05, 4.69) is 5.32 Å². The molecule has 1 aliphatic heterocycles. The van der Waals surface area contributed by atoms with Gasteiger partial charge in [0.1, 0.15) is 5.82 Å². The van der Waals surface area contributed by atoms with Crippen molar-refractivity contribution in [1.29, 1.82) is 5.26 Å². The molecule has 2 amide bonds. The quantitative estimate of drug-likeness (QED) is 0.712. The maximum atomic E-state index is 13.0. The fourth-order valence-electron chi connectivity index (χ4n) is 2.90. The number of amides is 2. The Bertz CT molecular complexity index is 843. The molecule has 1 aliphatic rings. The van der Waals surface area contributed by atoms with Crippen molar-refractivity contribution in [2.45, 2.75) is 24.2 Å². The minimum atomic E-state index is -3.73. The predicted molar refractivity (Wildman–Crippen MR) is 98.8 cm³/mol. The lowest BCUT2D eigenvalue weighted by molar-refractivity contribution is -0.133. The molecule has 8 nitrogen and oxygen atoms in total. The molecule has 10 heteroatoms. The smallest absolute Gasteiger partial charge is 0.243 e.